The van der Waals surface area contributed by atoms with Crippen LogP contribution < -0.4 is 10.1 Å². The maximum Gasteiger partial charge on any atom is 0.573 e. The Balaban J connectivity index is 1.49. The first-order valence-electron chi connectivity index (χ1n) is 12.6. The molecule has 0 amide bonds. The third-order valence-electron chi connectivity index (χ3n) is 7.24. The summed E-state index contributed by atoms with van der Waals surface area (Å²) in [4.78, 5) is 17.3. The summed E-state index contributed by atoms with van der Waals surface area (Å²) in [6.45, 7) is 6.87. The first kappa shape index (κ1) is 24.7. The number of halogens is 3. The van der Waals surface area contributed by atoms with E-state index in [9.17, 15) is 18.0 Å². The summed E-state index contributed by atoms with van der Waals surface area (Å²) >= 11 is 0. The fourth-order valence-corrected chi connectivity index (χ4v) is 5.82. The highest BCUT2D eigenvalue weighted by Crippen LogP contribution is 2.46. The Morgan fingerprint density at radius 1 is 1.14 bits per heavy atom. The zero-order valence-corrected chi connectivity index (χ0v) is 20.9. The molecular formula is C28H32F3N3O2. The molecule has 1 N–H and O–H groups in total. The molecule has 0 aliphatic heterocycles. The summed E-state index contributed by atoms with van der Waals surface area (Å²) in [6.07, 6.45) is 0.851. The fraction of sp³-hybridized carbons (Fsp3) is 0.500. The summed E-state index contributed by atoms with van der Waals surface area (Å²) in [7, 11) is 0. The Morgan fingerprint density at radius 3 is 2.50 bits per heavy atom. The zero-order valence-electron chi connectivity index (χ0n) is 20.9. The summed E-state index contributed by atoms with van der Waals surface area (Å²) in [6, 6.07) is 12.0. The molecule has 0 bridgehead atoms. The van der Waals surface area contributed by atoms with Crippen LogP contribution in [0.15, 0.2) is 42.5 Å². The number of nitrogens with one attached hydrogen (secondary N) is 1. The summed E-state index contributed by atoms with van der Waals surface area (Å²) in [5, 5.41) is 3.33. The van der Waals surface area contributed by atoms with Gasteiger partial charge in [0, 0.05) is 24.1 Å². The van der Waals surface area contributed by atoms with Crippen LogP contribution in [0.3, 0.4) is 0 Å². The highest BCUT2D eigenvalue weighted by molar-refractivity contribution is 5.87. The van der Waals surface area contributed by atoms with Crippen molar-refractivity contribution in [2.45, 2.75) is 71.7 Å². The van der Waals surface area contributed by atoms with Crippen LogP contribution >= 0.6 is 0 Å². The molecule has 5 rings (SSSR count). The summed E-state index contributed by atoms with van der Waals surface area (Å²) in [5.74, 6) is 1.43. The van der Waals surface area contributed by atoms with Crippen molar-refractivity contribution >= 4 is 28.5 Å². The van der Waals surface area contributed by atoms with Crippen LogP contribution in [0.4, 0.5) is 24.8 Å². The van der Waals surface area contributed by atoms with Gasteiger partial charge in [-0.2, -0.15) is 0 Å². The topological polar surface area (TPSA) is 56.1 Å². The van der Waals surface area contributed by atoms with Crippen molar-refractivity contribution in [2.75, 3.05) is 5.32 Å². The van der Waals surface area contributed by atoms with Gasteiger partial charge >= 0.3 is 6.36 Å². The lowest BCUT2D eigenvalue weighted by Crippen LogP contribution is -2.29. The number of aromatic nitrogens is 2. The van der Waals surface area contributed by atoms with E-state index in [-0.39, 0.29) is 28.9 Å². The van der Waals surface area contributed by atoms with Crippen molar-refractivity contribution in [1.82, 2.24) is 9.55 Å². The van der Waals surface area contributed by atoms with Gasteiger partial charge in [-0.05, 0) is 85.4 Å². The van der Waals surface area contributed by atoms with Gasteiger partial charge in [0.15, 0.2) is 0 Å². The molecule has 2 fully saturated rings. The SMILES string of the molecule is CC1CC(n2c(Nc3ccc(OC(F)(F)F)cc3)nc3cc(CC(=O)C4CC4)ccc32)CC(C)(C)C1. The predicted octanol–water partition coefficient (Wildman–Crippen LogP) is 7.59. The molecule has 192 valence electrons. The van der Waals surface area contributed by atoms with E-state index in [0.29, 0.717) is 24.0 Å². The Morgan fingerprint density at radius 2 is 1.86 bits per heavy atom. The Kier molecular flexibility index (Phi) is 6.25. The molecule has 5 nitrogen and oxygen atoms in total. The van der Waals surface area contributed by atoms with E-state index in [4.69, 9.17) is 4.98 Å². The van der Waals surface area contributed by atoms with Crippen molar-refractivity contribution in [2.24, 2.45) is 17.3 Å². The van der Waals surface area contributed by atoms with Crippen LogP contribution in [0.2, 0.25) is 0 Å². The van der Waals surface area contributed by atoms with Gasteiger partial charge < -0.3 is 14.6 Å². The molecule has 1 heterocycles. The molecule has 2 unspecified atom stereocenters. The minimum absolute atomic E-state index is 0.184. The third kappa shape index (κ3) is 5.68. The van der Waals surface area contributed by atoms with Gasteiger partial charge in [0.2, 0.25) is 5.95 Å². The molecule has 0 saturated heterocycles. The number of imidazole rings is 1. The number of carbonyl (C=O) groups excluding carboxylic acids is 1. The number of Topliss-reactive ketones (excluding diaryl/α,β-unsaturated/α-hetero) is 1. The lowest BCUT2D eigenvalue weighted by molar-refractivity contribution is -0.274. The number of alkyl halides is 3. The lowest BCUT2D eigenvalue weighted by Gasteiger charge is -2.40. The minimum atomic E-state index is -4.73. The number of hydrogen-bond donors (Lipinski definition) is 1. The van der Waals surface area contributed by atoms with Crippen LogP contribution in [0.25, 0.3) is 11.0 Å². The maximum absolute atomic E-state index is 12.5. The largest absolute Gasteiger partial charge is 0.573 e. The van der Waals surface area contributed by atoms with Gasteiger partial charge in [-0.25, -0.2) is 4.98 Å². The van der Waals surface area contributed by atoms with E-state index in [1.165, 1.54) is 12.1 Å². The number of ether oxygens (including phenoxy) is 1. The van der Waals surface area contributed by atoms with Gasteiger partial charge in [-0.1, -0.05) is 26.8 Å². The molecule has 2 saturated carbocycles. The first-order chi connectivity index (χ1) is 17.0. The third-order valence-corrected chi connectivity index (χ3v) is 7.24. The van der Waals surface area contributed by atoms with Crippen LogP contribution in [0.5, 0.6) is 5.75 Å². The lowest BCUT2D eigenvalue weighted by atomic mass is 9.70. The number of benzene rings is 2. The van der Waals surface area contributed by atoms with E-state index in [2.05, 4.69) is 41.5 Å². The number of fused-ring (bicyclic) bond motifs is 1. The zero-order chi connectivity index (χ0) is 25.7. The molecular weight excluding hydrogens is 467 g/mol. The van der Waals surface area contributed by atoms with Crippen molar-refractivity contribution < 1.29 is 22.7 Å². The molecule has 0 radical (unpaired) electrons. The Labute approximate surface area is 209 Å². The highest BCUT2D eigenvalue weighted by atomic mass is 19.4. The Bertz CT molecular complexity index is 1260. The van der Waals surface area contributed by atoms with Crippen LogP contribution in [0, 0.1) is 17.3 Å². The number of ketones is 1. The second kappa shape index (κ2) is 9.12. The molecule has 3 aromatic rings. The van der Waals surface area contributed by atoms with Crippen molar-refractivity contribution in [3.63, 3.8) is 0 Å². The molecule has 2 aliphatic carbocycles. The first-order valence-corrected chi connectivity index (χ1v) is 12.6. The van der Waals surface area contributed by atoms with E-state index in [0.717, 1.165) is 48.7 Å². The van der Waals surface area contributed by atoms with Gasteiger partial charge in [-0.15, -0.1) is 13.2 Å². The van der Waals surface area contributed by atoms with Crippen LogP contribution in [0.1, 0.15) is 64.5 Å². The molecule has 0 spiro atoms. The summed E-state index contributed by atoms with van der Waals surface area (Å²) < 4.78 is 43.9. The van der Waals surface area contributed by atoms with Gasteiger partial charge in [0.05, 0.1) is 11.0 Å². The second-order valence-corrected chi connectivity index (χ2v) is 11.3. The average Bonchev–Trinajstić information content (AvgIpc) is 3.54. The molecule has 36 heavy (non-hydrogen) atoms. The van der Waals surface area contributed by atoms with Crippen molar-refractivity contribution in [3.8, 4) is 5.75 Å². The molecule has 2 aromatic carbocycles. The van der Waals surface area contributed by atoms with E-state index in [1.54, 1.807) is 12.1 Å². The quantitative estimate of drug-likeness (QED) is 0.364. The number of carbonyl (C=O) groups is 1. The normalized spacial score (nSPS) is 21.9. The maximum atomic E-state index is 12.5. The number of rotatable bonds is 7. The molecule has 8 heteroatoms. The van der Waals surface area contributed by atoms with Crippen molar-refractivity contribution in [3.05, 3.63) is 48.0 Å². The highest BCUT2D eigenvalue weighted by Gasteiger charge is 2.35. The van der Waals surface area contributed by atoms with E-state index >= 15 is 0 Å². The standard InChI is InChI=1S/C28H32F3N3O2/c1-17-12-21(16-27(2,3)15-17)34-24-11-4-18(14-25(35)19-5-6-19)13-23(24)33-26(34)32-20-7-9-22(10-8-20)36-28(29,30)31/h4,7-11,13,17,19,21H,5-6,12,14-16H2,1-3H3,(H,32,33). The van der Waals surface area contributed by atoms with Gasteiger partial charge in [0.25, 0.3) is 0 Å². The van der Waals surface area contributed by atoms with E-state index in [1.807, 2.05) is 12.1 Å². The summed E-state index contributed by atoms with van der Waals surface area (Å²) in [5.41, 5.74) is 3.57. The van der Waals surface area contributed by atoms with Gasteiger partial charge in [-0.3, -0.25) is 4.79 Å². The minimum Gasteiger partial charge on any atom is -0.406 e. The van der Waals surface area contributed by atoms with E-state index < -0.39 is 6.36 Å². The van der Waals surface area contributed by atoms with Gasteiger partial charge in [0.1, 0.15) is 11.5 Å². The second-order valence-electron chi connectivity index (χ2n) is 11.3. The molecule has 2 atom stereocenters. The van der Waals surface area contributed by atoms with Crippen LogP contribution in [-0.4, -0.2) is 21.7 Å². The number of anilines is 2. The monoisotopic (exact) mass is 499 g/mol. The Hall–Kier alpha value is -3.03. The van der Waals surface area contributed by atoms with Crippen LogP contribution in [-0.2, 0) is 11.2 Å². The molecule has 2 aliphatic rings. The smallest absolute Gasteiger partial charge is 0.406 e. The molecule has 1 aromatic heterocycles. The number of nitrogens with zero attached hydrogens (tertiary/aromatic N) is 2. The predicted molar refractivity (Wildman–Crippen MR) is 133 cm³/mol. The number of hydrogen-bond acceptors (Lipinski definition) is 4. The fourth-order valence-electron chi connectivity index (χ4n) is 5.82. The van der Waals surface area contributed by atoms with Crippen molar-refractivity contribution in [1.29, 1.82) is 0 Å². The average molecular weight is 500 g/mol.